The van der Waals surface area contributed by atoms with Crippen LogP contribution in [-0.2, 0) is 19.1 Å². The molecule has 0 amide bonds. The summed E-state index contributed by atoms with van der Waals surface area (Å²) in [5.74, 6) is 3.14. The summed E-state index contributed by atoms with van der Waals surface area (Å²) >= 11 is 0. The van der Waals surface area contributed by atoms with E-state index >= 15 is 0 Å². The zero-order chi connectivity index (χ0) is 39.3. The Bertz CT molecular complexity index is 2040. The molecule has 0 radical (unpaired) electrons. The summed E-state index contributed by atoms with van der Waals surface area (Å²) in [6.45, 7) is 9.03. The van der Waals surface area contributed by atoms with Crippen LogP contribution in [0.2, 0.25) is 0 Å². The van der Waals surface area contributed by atoms with Gasteiger partial charge in [-0.05, 0) is 84.8 Å². The highest BCUT2D eigenvalue weighted by Gasteiger charge is 2.47. The van der Waals surface area contributed by atoms with Gasteiger partial charge in [-0.25, -0.2) is 0 Å². The molecule has 56 heavy (non-hydrogen) atoms. The summed E-state index contributed by atoms with van der Waals surface area (Å²) in [5.41, 5.74) is 6.71. The summed E-state index contributed by atoms with van der Waals surface area (Å²) in [6, 6.07) is 27.5. The highest BCUT2D eigenvalue weighted by atomic mass is 16.6. The number of aromatic nitrogens is 2. The van der Waals surface area contributed by atoms with Gasteiger partial charge in [0.05, 0.1) is 47.5 Å². The first-order chi connectivity index (χ1) is 27.1. The fourth-order valence-electron chi connectivity index (χ4n) is 9.22. The van der Waals surface area contributed by atoms with Crippen molar-refractivity contribution in [1.29, 1.82) is 10.5 Å². The number of esters is 2. The lowest BCUT2D eigenvalue weighted by Gasteiger charge is -2.39. The molecule has 0 N–H and O–H groups in total. The fourth-order valence-corrected chi connectivity index (χ4v) is 9.22. The Hall–Kier alpha value is -5.86. The third-order valence-corrected chi connectivity index (χ3v) is 12.8. The predicted molar refractivity (Wildman–Crippen MR) is 216 cm³/mol. The Morgan fingerprint density at radius 2 is 1.02 bits per heavy atom. The number of nitrogens with zero attached hydrogens (tertiary/aromatic N) is 4. The largest absolute Gasteiger partial charge is 0.462 e. The molecule has 4 aliphatic rings. The van der Waals surface area contributed by atoms with Gasteiger partial charge in [0.1, 0.15) is 12.2 Å². The molecule has 8 rings (SSSR count). The first kappa shape index (κ1) is 38.4. The van der Waals surface area contributed by atoms with E-state index in [1.807, 2.05) is 85.2 Å². The van der Waals surface area contributed by atoms with E-state index < -0.39 is 0 Å². The Kier molecular flexibility index (Phi) is 11.6. The molecule has 4 aromatic rings. The minimum absolute atomic E-state index is 0.0613. The summed E-state index contributed by atoms with van der Waals surface area (Å²) in [6.07, 6.45) is 15.3. The van der Waals surface area contributed by atoms with Gasteiger partial charge in [0.15, 0.2) is 0 Å². The molecule has 4 fully saturated rings. The number of rotatable bonds is 6. The molecule has 8 heteroatoms. The molecular weight excluding hydrogens is 697 g/mol. The monoisotopic (exact) mass is 744 g/mol. The van der Waals surface area contributed by atoms with E-state index in [-0.39, 0.29) is 36.0 Å². The van der Waals surface area contributed by atoms with E-state index in [2.05, 4.69) is 74.1 Å². The zero-order valence-electron chi connectivity index (χ0n) is 32.4. The molecule has 0 spiro atoms. The van der Waals surface area contributed by atoms with Gasteiger partial charge in [-0.1, -0.05) is 88.4 Å². The van der Waals surface area contributed by atoms with Crippen LogP contribution in [0.15, 0.2) is 97.3 Å². The Morgan fingerprint density at radius 3 is 1.39 bits per heavy atom. The summed E-state index contributed by atoms with van der Waals surface area (Å²) in [5, 5.41) is 18.6. The standard InChI is InChI=1S/2C24H24N2O2/c2*1-15-11-23-22(12-24(27)28-23)20(16(15)2)10-9-19-8-7-18(14-26-19)21-6-4-3-5-17(21)13-25/h2*3-10,14-16,20,22-23H,11-12H2,1-2H3/b2*10-9+/t15-,16+,20-,22+,23+;15-,16+,20-,22+,23-/m00/s1. The van der Waals surface area contributed by atoms with E-state index in [4.69, 9.17) is 9.47 Å². The molecule has 2 aliphatic carbocycles. The minimum atomic E-state index is -0.0617. The van der Waals surface area contributed by atoms with Gasteiger partial charge in [0.2, 0.25) is 0 Å². The van der Waals surface area contributed by atoms with Crippen molar-refractivity contribution >= 4 is 24.1 Å². The average Bonchev–Trinajstić information content (AvgIpc) is 3.78. The number of hydrogen-bond donors (Lipinski definition) is 0. The van der Waals surface area contributed by atoms with Gasteiger partial charge < -0.3 is 9.47 Å². The molecule has 2 aromatic carbocycles. The van der Waals surface area contributed by atoms with Crippen LogP contribution in [0.5, 0.6) is 0 Å². The highest BCUT2D eigenvalue weighted by molar-refractivity contribution is 5.74. The normalized spacial score (nSPS) is 29.3. The van der Waals surface area contributed by atoms with E-state index in [1.165, 1.54) is 0 Å². The molecule has 2 saturated carbocycles. The zero-order valence-corrected chi connectivity index (χ0v) is 32.4. The van der Waals surface area contributed by atoms with Gasteiger partial charge in [-0.2, -0.15) is 10.5 Å². The second kappa shape index (κ2) is 16.9. The molecule has 4 heterocycles. The van der Waals surface area contributed by atoms with Crippen molar-refractivity contribution in [3.63, 3.8) is 0 Å². The first-order valence-corrected chi connectivity index (χ1v) is 19.8. The second-order valence-electron chi connectivity index (χ2n) is 16.1. The maximum absolute atomic E-state index is 11.8. The number of nitriles is 2. The van der Waals surface area contributed by atoms with Crippen LogP contribution in [0.3, 0.4) is 0 Å². The van der Waals surface area contributed by atoms with Crippen molar-refractivity contribution < 1.29 is 19.1 Å². The summed E-state index contributed by atoms with van der Waals surface area (Å²) in [7, 11) is 0. The van der Waals surface area contributed by atoms with Crippen molar-refractivity contribution in [2.75, 3.05) is 0 Å². The quantitative estimate of drug-likeness (QED) is 0.179. The van der Waals surface area contributed by atoms with Gasteiger partial charge in [-0.15, -0.1) is 0 Å². The number of benzene rings is 2. The molecular formula is C48H48N4O4. The Labute approximate surface area is 329 Å². The molecule has 8 nitrogen and oxygen atoms in total. The predicted octanol–water partition coefficient (Wildman–Crippen LogP) is 9.71. The Balaban J connectivity index is 0.000000172. The van der Waals surface area contributed by atoms with E-state index in [1.54, 1.807) is 0 Å². The molecule has 0 unspecified atom stereocenters. The maximum Gasteiger partial charge on any atom is 0.306 e. The van der Waals surface area contributed by atoms with Gasteiger partial charge in [0.25, 0.3) is 0 Å². The molecule has 0 bridgehead atoms. The van der Waals surface area contributed by atoms with E-state index in [9.17, 15) is 20.1 Å². The average molecular weight is 745 g/mol. The van der Waals surface area contributed by atoms with Crippen LogP contribution in [0, 0.1) is 70.0 Å². The SMILES string of the molecule is C[C@H]1[C@H](/C=C/c2ccc(-c3ccccc3C#N)cn2)[C@H]2CC(=O)O[C@@H]2C[C@@H]1C.C[C@H]1[C@H](/C=C/c2ccc(-c3ccccc3C#N)cn2)[C@H]2CC(=O)O[C@H]2C[C@@H]1C. The highest BCUT2D eigenvalue weighted by Crippen LogP contribution is 2.47. The Morgan fingerprint density at radius 1 is 0.607 bits per heavy atom. The third kappa shape index (κ3) is 8.21. The van der Waals surface area contributed by atoms with Crippen LogP contribution >= 0.6 is 0 Å². The smallest absolute Gasteiger partial charge is 0.306 e. The number of ether oxygens (including phenoxy) is 2. The second-order valence-corrected chi connectivity index (χ2v) is 16.1. The van der Waals surface area contributed by atoms with Crippen LogP contribution in [0.4, 0.5) is 0 Å². The molecule has 2 aromatic heterocycles. The lowest BCUT2D eigenvalue weighted by molar-refractivity contribution is -0.143. The minimum Gasteiger partial charge on any atom is -0.462 e. The number of hydrogen-bond acceptors (Lipinski definition) is 8. The van der Waals surface area contributed by atoms with Crippen LogP contribution in [0.1, 0.15) is 75.9 Å². The lowest BCUT2D eigenvalue weighted by Crippen LogP contribution is -2.38. The van der Waals surface area contributed by atoms with Crippen molar-refractivity contribution in [2.45, 2.75) is 65.6 Å². The molecule has 2 aliphatic heterocycles. The van der Waals surface area contributed by atoms with Crippen LogP contribution in [-0.4, -0.2) is 34.1 Å². The van der Waals surface area contributed by atoms with Crippen LogP contribution in [0.25, 0.3) is 34.4 Å². The van der Waals surface area contributed by atoms with Crippen molar-refractivity contribution in [1.82, 2.24) is 9.97 Å². The van der Waals surface area contributed by atoms with E-state index in [0.29, 0.717) is 59.5 Å². The number of pyridine rings is 2. The molecule has 2 saturated heterocycles. The maximum atomic E-state index is 11.8. The third-order valence-electron chi connectivity index (χ3n) is 12.8. The summed E-state index contributed by atoms with van der Waals surface area (Å²) in [4.78, 5) is 32.7. The molecule has 10 atom stereocenters. The van der Waals surface area contributed by atoms with Crippen LogP contribution < -0.4 is 0 Å². The van der Waals surface area contributed by atoms with Crippen molar-refractivity contribution in [3.05, 3.63) is 120 Å². The number of fused-ring (bicyclic) bond motifs is 2. The number of carbonyl (C=O) groups excluding carboxylic acids is 2. The number of carbonyl (C=O) groups is 2. The van der Waals surface area contributed by atoms with Gasteiger partial charge in [0, 0.05) is 46.5 Å². The summed E-state index contributed by atoms with van der Waals surface area (Å²) < 4.78 is 11.1. The lowest BCUT2D eigenvalue weighted by atomic mass is 9.66. The van der Waals surface area contributed by atoms with Crippen molar-refractivity contribution in [2.24, 2.45) is 47.3 Å². The van der Waals surface area contributed by atoms with Crippen molar-refractivity contribution in [3.8, 4) is 34.4 Å². The number of allylic oxidation sites excluding steroid dienone is 2. The fraction of sp³-hybridized carbons (Fsp3) is 0.375. The van der Waals surface area contributed by atoms with Gasteiger partial charge >= 0.3 is 11.9 Å². The topological polar surface area (TPSA) is 126 Å². The first-order valence-electron chi connectivity index (χ1n) is 19.8. The van der Waals surface area contributed by atoms with Gasteiger partial charge in [-0.3, -0.25) is 19.6 Å². The van der Waals surface area contributed by atoms with E-state index in [0.717, 1.165) is 46.5 Å². The molecule has 284 valence electrons.